The molecule has 7 nitrogen and oxygen atoms in total. The SMILES string of the molecule is COc1cc(C(=O)NCc2ccc(-n3ccnc3C)c(F)c2)cc(OC)c1OCc1ccccc1. The van der Waals surface area contributed by atoms with Gasteiger partial charge >= 0.3 is 0 Å². The van der Waals surface area contributed by atoms with Crippen molar-refractivity contribution in [2.75, 3.05) is 14.2 Å². The molecule has 0 aliphatic rings. The van der Waals surface area contributed by atoms with E-state index in [2.05, 4.69) is 10.3 Å². The number of rotatable bonds is 9. The molecular weight excluding hydrogens is 449 g/mol. The Bertz CT molecular complexity index is 1300. The molecule has 0 radical (unpaired) electrons. The fourth-order valence-corrected chi connectivity index (χ4v) is 3.66. The fraction of sp³-hybridized carbons (Fsp3) is 0.185. The summed E-state index contributed by atoms with van der Waals surface area (Å²) >= 11 is 0. The van der Waals surface area contributed by atoms with Crippen LogP contribution in [0.5, 0.6) is 17.2 Å². The van der Waals surface area contributed by atoms with Crippen molar-refractivity contribution in [1.82, 2.24) is 14.9 Å². The maximum absolute atomic E-state index is 14.7. The molecule has 4 rings (SSSR count). The molecule has 35 heavy (non-hydrogen) atoms. The zero-order chi connectivity index (χ0) is 24.8. The van der Waals surface area contributed by atoms with Crippen molar-refractivity contribution in [2.24, 2.45) is 0 Å². The average molecular weight is 476 g/mol. The molecule has 1 heterocycles. The number of benzene rings is 3. The molecule has 0 saturated heterocycles. The zero-order valence-electron chi connectivity index (χ0n) is 19.7. The van der Waals surface area contributed by atoms with E-state index < -0.39 is 5.82 Å². The van der Waals surface area contributed by atoms with Crippen LogP contribution in [0.15, 0.2) is 73.1 Å². The van der Waals surface area contributed by atoms with Gasteiger partial charge in [0.15, 0.2) is 11.5 Å². The van der Waals surface area contributed by atoms with Crippen LogP contribution >= 0.6 is 0 Å². The second-order valence-electron chi connectivity index (χ2n) is 7.80. The number of aryl methyl sites for hydroxylation is 1. The first kappa shape index (κ1) is 23.8. The number of nitrogens with zero attached hydrogens (tertiary/aromatic N) is 2. The minimum atomic E-state index is -0.402. The fourth-order valence-electron chi connectivity index (χ4n) is 3.66. The van der Waals surface area contributed by atoms with Gasteiger partial charge in [0, 0.05) is 24.5 Å². The Balaban J connectivity index is 1.47. The highest BCUT2D eigenvalue weighted by molar-refractivity contribution is 5.95. The van der Waals surface area contributed by atoms with E-state index in [1.807, 2.05) is 30.3 Å². The van der Waals surface area contributed by atoms with Gasteiger partial charge in [-0.2, -0.15) is 0 Å². The lowest BCUT2D eigenvalue weighted by Crippen LogP contribution is -2.23. The van der Waals surface area contributed by atoms with Gasteiger partial charge in [0.25, 0.3) is 5.91 Å². The number of carbonyl (C=O) groups excluding carboxylic acids is 1. The standard InChI is InChI=1S/C27H26FN3O4/c1-18-29-11-12-31(18)23-10-9-20(13-22(23)28)16-30-27(32)21-14-24(33-2)26(25(15-21)34-3)35-17-19-7-5-4-6-8-19/h4-15H,16-17H2,1-3H3,(H,30,32). The number of halogens is 1. The van der Waals surface area contributed by atoms with Gasteiger partial charge in [-0.1, -0.05) is 36.4 Å². The van der Waals surface area contributed by atoms with Gasteiger partial charge in [-0.15, -0.1) is 0 Å². The van der Waals surface area contributed by atoms with Crippen LogP contribution in [0.25, 0.3) is 5.69 Å². The number of aromatic nitrogens is 2. The van der Waals surface area contributed by atoms with Crippen molar-refractivity contribution in [1.29, 1.82) is 0 Å². The number of ether oxygens (including phenoxy) is 3. The third-order valence-electron chi connectivity index (χ3n) is 5.50. The quantitative estimate of drug-likeness (QED) is 0.375. The van der Waals surface area contributed by atoms with Gasteiger partial charge < -0.3 is 24.1 Å². The van der Waals surface area contributed by atoms with E-state index in [1.165, 1.54) is 20.3 Å². The van der Waals surface area contributed by atoms with Crippen molar-refractivity contribution < 1.29 is 23.4 Å². The highest BCUT2D eigenvalue weighted by Crippen LogP contribution is 2.39. The number of imidazole rings is 1. The van der Waals surface area contributed by atoms with Crippen molar-refractivity contribution in [3.63, 3.8) is 0 Å². The maximum Gasteiger partial charge on any atom is 0.251 e. The van der Waals surface area contributed by atoms with Crippen LogP contribution in [0.3, 0.4) is 0 Å². The first-order valence-electron chi connectivity index (χ1n) is 11.0. The van der Waals surface area contributed by atoms with Crippen LogP contribution in [-0.2, 0) is 13.2 Å². The molecule has 0 aliphatic carbocycles. The molecule has 1 aromatic heterocycles. The van der Waals surface area contributed by atoms with Crippen LogP contribution in [-0.4, -0.2) is 29.7 Å². The lowest BCUT2D eigenvalue weighted by atomic mass is 10.1. The number of methoxy groups -OCH3 is 2. The smallest absolute Gasteiger partial charge is 0.251 e. The first-order valence-corrected chi connectivity index (χ1v) is 11.0. The Morgan fingerprint density at radius 3 is 2.31 bits per heavy atom. The van der Waals surface area contributed by atoms with E-state index in [0.717, 1.165) is 5.56 Å². The van der Waals surface area contributed by atoms with Crippen LogP contribution in [0, 0.1) is 12.7 Å². The van der Waals surface area contributed by atoms with Crippen LogP contribution in [0.1, 0.15) is 27.3 Å². The summed E-state index contributed by atoms with van der Waals surface area (Å²) in [4.78, 5) is 17.0. The molecule has 0 fully saturated rings. The molecule has 8 heteroatoms. The van der Waals surface area contributed by atoms with Gasteiger partial charge in [-0.3, -0.25) is 4.79 Å². The van der Waals surface area contributed by atoms with E-state index in [9.17, 15) is 9.18 Å². The second kappa shape index (κ2) is 10.7. The van der Waals surface area contributed by atoms with Gasteiger partial charge in [0.1, 0.15) is 18.2 Å². The molecule has 0 aliphatic heterocycles. The van der Waals surface area contributed by atoms with E-state index in [4.69, 9.17) is 14.2 Å². The van der Waals surface area contributed by atoms with Crippen LogP contribution in [0.2, 0.25) is 0 Å². The maximum atomic E-state index is 14.7. The molecule has 1 amide bonds. The van der Waals surface area contributed by atoms with Crippen molar-refractivity contribution in [3.05, 3.63) is 101 Å². The van der Waals surface area contributed by atoms with Gasteiger partial charge in [-0.05, 0) is 42.3 Å². The largest absolute Gasteiger partial charge is 0.493 e. The highest BCUT2D eigenvalue weighted by atomic mass is 19.1. The Hall–Kier alpha value is -4.33. The highest BCUT2D eigenvalue weighted by Gasteiger charge is 2.18. The summed E-state index contributed by atoms with van der Waals surface area (Å²) in [5, 5.41) is 2.81. The Kier molecular flexibility index (Phi) is 7.30. The summed E-state index contributed by atoms with van der Waals surface area (Å²) in [6.07, 6.45) is 3.31. The van der Waals surface area contributed by atoms with E-state index in [0.29, 0.717) is 46.5 Å². The topological polar surface area (TPSA) is 74.6 Å². The van der Waals surface area contributed by atoms with E-state index >= 15 is 0 Å². The van der Waals surface area contributed by atoms with Crippen LogP contribution in [0.4, 0.5) is 4.39 Å². The monoisotopic (exact) mass is 475 g/mol. The minimum absolute atomic E-state index is 0.149. The molecule has 0 spiro atoms. The zero-order valence-corrected chi connectivity index (χ0v) is 19.7. The predicted octanol–water partition coefficient (Wildman–Crippen LogP) is 4.85. The Morgan fingerprint density at radius 1 is 1.00 bits per heavy atom. The van der Waals surface area contributed by atoms with E-state index in [-0.39, 0.29) is 12.5 Å². The average Bonchev–Trinajstić information content (AvgIpc) is 3.31. The summed E-state index contributed by atoms with van der Waals surface area (Å²) in [5.74, 6) is 1.08. The normalized spacial score (nSPS) is 10.6. The van der Waals surface area contributed by atoms with Gasteiger partial charge in [-0.25, -0.2) is 9.37 Å². The van der Waals surface area contributed by atoms with Gasteiger partial charge in [0.05, 0.1) is 19.9 Å². The Labute approximate surface area is 203 Å². The molecular formula is C27H26FN3O4. The number of nitrogens with one attached hydrogen (secondary N) is 1. The van der Waals surface area contributed by atoms with Crippen molar-refractivity contribution >= 4 is 5.91 Å². The Morgan fingerprint density at radius 2 is 1.71 bits per heavy atom. The number of hydrogen-bond donors (Lipinski definition) is 1. The summed E-state index contributed by atoms with van der Waals surface area (Å²) in [6.45, 7) is 2.27. The molecule has 0 bridgehead atoms. The summed E-state index contributed by atoms with van der Waals surface area (Å²) in [7, 11) is 3.00. The number of hydrogen-bond acceptors (Lipinski definition) is 5. The molecule has 0 saturated carbocycles. The molecule has 1 N–H and O–H groups in total. The van der Waals surface area contributed by atoms with Gasteiger partial charge in [0.2, 0.25) is 5.75 Å². The number of amides is 1. The molecule has 4 aromatic rings. The molecule has 0 unspecified atom stereocenters. The summed E-state index contributed by atoms with van der Waals surface area (Å²) in [5.41, 5.74) is 2.34. The molecule has 3 aromatic carbocycles. The third-order valence-corrected chi connectivity index (χ3v) is 5.50. The van der Waals surface area contributed by atoms with E-state index in [1.54, 1.807) is 48.1 Å². The van der Waals surface area contributed by atoms with Crippen LogP contribution < -0.4 is 19.5 Å². The minimum Gasteiger partial charge on any atom is -0.493 e. The molecule has 180 valence electrons. The molecule has 0 atom stereocenters. The second-order valence-corrected chi connectivity index (χ2v) is 7.80. The predicted molar refractivity (Wildman–Crippen MR) is 130 cm³/mol. The summed E-state index contributed by atoms with van der Waals surface area (Å²) in [6, 6.07) is 17.7. The summed E-state index contributed by atoms with van der Waals surface area (Å²) < 4.78 is 33.2. The van der Waals surface area contributed by atoms with Crippen molar-refractivity contribution in [2.45, 2.75) is 20.1 Å². The lowest BCUT2D eigenvalue weighted by Gasteiger charge is -2.16. The third kappa shape index (κ3) is 5.43. The first-order chi connectivity index (χ1) is 17.0. The lowest BCUT2D eigenvalue weighted by molar-refractivity contribution is 0.0950. The van der Waals surface area contributed by atoms with Crippen molar-refractivity contribution in [3.8, 4) is 22.9 Å². The number of carbonyl (C=O) groups is 1.